The molecule has 0 aliphatic carbocycles. The van der Waals surface area contributed by atoms with Crippen molar-refractivity contribution in [3.8, 4) is 11.3 Å². The van der Waals surface area contributed by atoms with Crippen molar-refractivity contribution in [2.45, 2.75) is 19.3 Å². The highest BCUT2D eigenvalue weighted by atomic mass is 16.2. The first-order valence-corrected chi connectivity index (χ1v) is 11.2. The Labute approximate surface area is 192 Å². The summed E-state index contributed by atoms with van der Waals surface area (Å²) in [4.78, 5) is 36.7. The molecule has 0 N–H and O–H groups in total. The smallest absolute Gasteiger partial charge is 0.253 e. The number of likely N-dealkylation sites (tertiary alicyclic amines) is 1. The van der Waals surface area contributed by atoms with Gasteiger partial charge in [-0.1, -0.05) is 18.2 Å². The molecule has 0 bridgehead atoms. The molecule has 0 saturated carbocycles. The van der Waals surface area contributed by atoms with E-state index in [4.69, 9.17) is 4.98 Å². The molecule has 3 aromatic heterocycles. The average molecular weight is 440 g/mol. The average Bonchev–Trinajstić information content (AvgIpc) is 3.30. The standard InChI is InChI=1S/C26H25N5O2/c1-30-17-21(16-28-30)23-8-7-20-15-27-22(13-24(20)29-23)14-25(32)18-9-11-31(12-10-18)26(33)19-5-3-2-4-6-19/h2-8,13,15-18H,9-12,14H2,1H3. The number of benzene rings is 1. The van der Waals surface area contributed by atoms with Gasteiger partial charge in [-0.05, 0) is 43.2 Å². The van der Waals surface area contributed by atoms with Crippen molar-refractivity contribution in [3.05, 3.63) is 78.4 Å². The van der Waals surface area contributed by atoms with E-state index < -0.39 is 0 Å². The van der Waals surface area contributed by atoms with E-state index in [9.17, 15) is 9.59 Å². The molecule has 4 aromatic rings. The Morgan fingerprint density at radius 2 is 1.82 bits per heavy atom. The molecule has 33 heavy (non-hydrogen) atoms. The molecule has 1 aliphatic heterocycles. The molecule has 1 aliphatic rings. The van der Waals surface area contributed by atoms with Crippen molar-refractivity contribution >= 4 is 22.6 Å². The van der Waals surface area contributed by atoms with Gasteiger partial charge in [0, 0.05) is 67.1 Å². The van der Waals surface area contributed by atoms with Gasteiger partial charge in [0.25, 0.3) is 5.91 Å². The molecule has 7 nitrogen and oxygen atoms in total. The second-order valence-corrected chi connectivity index (χ2v) is 8.54. The lowest BCUT2D eigenvalue weighted by Crippen LogP contribution is -2.40. The molecule has 5 rings (SSSR count). The van der Waals surface area contributed by atoms with Gasteiger partial charge >= 0.3 is 0 Å². The third kappa shape index (κ3) is 4.53. The molecule has 0 atom stereocenters. The summed E-state index contributed by atoms with van der Waals surface area (Å²) in [6.07, 6.45) is 7.15. The zero-order valence-corrected chi connectivity index (χ0v) is 18.5. The first-order chi connectivity index (χ1) is 16.1. The van der Waals surface area contributed by atoms with Crippen molar-refractivity contribution in [1.82, 2.24) is 24.6 Å². The number of carbonyl (C=O) groups is 2. The van der Waals surface area contributed by atoms with Crippen molar-refractivity contribution < 1.29 is 9.59 Å². The summed E-state index contributed by atoms with van der Waals surface area (Å²) < 4.78 is 1.75. The van der Waals surface area contributed by atoms with Gasteiger partial charge in [0.05, 0.1) is 17.4 Å². The van der Waals surface area contributed by atoms with Crippen LogP contribution in [0.3, 0.4) is 0 Å². The third-order valence-electron chi connectivity index (χ3n) is 6.24. The predicted molar refractivity (Wildman–Crippen MR) is 126 cm³/mol. The van der Waals surface area contributed by atoms with Crippen LogP contribution in [0.1, 0.15) is 28.9 Å². The first-order valence-electron chi connectivity index (χ1n) is 11.2. The minimum absolute atomic E-state index is 0.0354. The Bertz CT molecular complexity index is 1310. The number of hydrogen-bond donors (Lipinski definition) is 0. The number of piperidine rings is 1. The zero-order chi connectivity index (χ0) is 22.8. The minimum atomic E-state index is -0.0444. The van der Waals surface area contributed by atoms with E-state index in [1.165, 1.54) is 0 Å². The van der Waals surface area contributed by atoms with Gasteiger partial charge in [-0.2, -0.15) is 5.10 Å². The van der Waals surface area contributed by atoms with Crippen LogP contribution in [0.5, 0.6) is 0 Å². The van der Waals surface area contributed by atoms with Crippen LogP contribution in [-0.2, 0) is 18.3 Å². The van der Waals surface area contributed by atoms with Gasteiger partial charge in [-0.3, -0.25) is 19.3 Å². The van der Waals surface area contributed by atoms with Gasteiger partial charge in [0.2, 0.25) is 0 Å². The van der Waals surface area contributed by atoms with Crippen LogP contribution >= 0.6 is 0 Å². The number of ketones is 1. The molecule has 4 heterocycles. The quantitative estimate of drug-likeness (QED) is 0.474. The van der Waals surface area contributed by atoms with Gasteiger partial charge in [0.1, 0.15) is 5.78 Å². The Hall–Kier alpha value is -3.87. The van der Waals surface area contributed by atoms with Gasteiger partial charge < -0.3 is 4.90 Å². The van der Waals surface area contributed by atoms with E-state index in [-0.39, 0.29) is 24.0 Å². The Morgan fingerprint density at radius 1 is 1.03 bits per heavy atom. The van der Waals surface area contributed by atoms with E-state index in [0.717, 1.165) is 27.9 Å². The topological polar surface area (TPSA) is 81.0 Å². The lowest BCUT2D eigenvalue weighted by Gasteiger charge is -2.31. The van der Waals surface area contributed by atoms with Crippen molar-refractivity contribution in [2.75, 3.05) is 13.1 Å². The van der Waals surface area contributed by atoms with Crippen molar-refractivity contribution in [1.29, 1.82) is 0 Å². The minimum Gasteiger partial charge on any atom is -0.339 e. The molecule has 1 fully saturated rings. The maximum Gasteiger partial charge on any atom is 0.253 e. The van der Waals surface area contributed by atoms with E-state index in [0.29, 0.717) is 31.5 Å². The summed E-state index contributed by atoms with van der Waals surface area (Å²) in [7, 11) is 1.88. The fourth-order valence-corrected chi connectivity index (χ4v) is 4.36. The molecule has 0 spiro atoms. The summed E-state index contributed by atoms with van der Waals surface area (Å²) >= 11 is 0. The van der Waals surface area contributed by atoms with E-state index in [1.54, 1.807) is 17.1 Å². The van der Waals surface area contributed by atoms with Crippen molar-refractivity contribution in [3.63, 3.8) is 0 Å². The van der Waals surface area contributed by atoms with Gasteiger partial charge in [-0.15, -0.1) is 0 Å². The lowest BCUT2D eigenvalue weighted by atomic mass is 9.90. The highest BCUT2D eigenvalue weighted by molar-refractivity contribution is 5.94. The van der Waals surface area contributed by atoms with Crippen LogP contribution in [0.4, 0.5) is 0 Å². The number of rotatable bonds is 5. The Balaban J connectivity index is 1.24. The zero-order valence-electron chi connectivity index (χ0n) is 18.5. The Morgan fingerprint density at radius 3 is 2.55 bits per heavy atom. The van der Waals surface area contributed by atoms with Gasteiger partial charge in [0.15, 0.2) is 0 Å². The molecule has 7 heteroatoms. The second-order valence-electron chi connectivity index (χ2n) is 8.54. The molecular weight excluding hydrogens is 414 g/mol. The van der Waals surface area contributed by atoms with E-state index >= 15 is 0 Å². The normalized spacial score (nSPS) is 14.5. The molecule has 0 unspecified atom stereocenters. The number of fused-ring (bicyclic) bond motifs is 1. The number of carbonyl (C=O) groups excluding carboxylic acids is 2. The number of nitrogens with zero attached hydrogens (tertiary/aromatic N) is 5. The number of amides is 1. The Kier molecular flexibility index (Phi) is 5.69. The van der Waals surface area contributed by atoms with Crippen LogP contribution in [0.2, 0.25) is 0 Å². The van der Waals surface area contributed by atoms with Crippen molar-refractivity contribution in [2.24, 2.45) is 13.0 Å². The lowest BCUT2D eigenvalue weighted by molar-refractivity contribution is -0.123. The van der Waals surface area contributed by atoms with Crippen LogP contribution in [0.15, 0.2) is 67.1 Å². The number of aryl methyl sites for hydroxylation is 1. The fourth-order valence-electron chi connectivity index (χ4n) is 4.36. The van der Waals surface area contributed by atoms with Crippen LogP contribution in [0, 0.1) is 5.92 Å². The molecule has 1 aromatic carbocycles. The maximum absolute atomic E-state index is 13.0. The summed E-state index contributed by atoms with van der Waals surface area (Å²) in [5, 5.41) is 5.15. The third-order valence-corrected chi connectivity index (χ3v) is 6.24. The molecule has 1 saturated heterocycles. The second kappa shape index (κ2) is 8.94. The molecule has 1 amide bonds. The first kappa shape index (κ1) is 21.0. The highest BCUT2D eigenvalue weighted by Gasteiger charge is 2.28. The molecule has 166 valence electrons. The summed E-state index contributed by atoms with van der Waals surface area (Å²) in [5.41, 5.74) is 4.03. The number of pyridine rings is 2. The van der Waals surface area contributed by atoms with Crippen LogP contribution in [-0.4, -0.2) is 49.4 Å². The SMILES string of the molecule is Cn1cc(-c2ccc3cnc(CC(=O)C4CCN(C(=O)c5ccccc5)CC4)cc3n2)cn1. The number of Topliss-reactive ketones (excluding diaryl/α,β-unsaturated/α-hetero) is 1. The number of hydrogen-bond acceptors (Lipinski definition) is 5. The summed E-state index contributed by atoms with van der Waals surface area (Å²) in [5.74, 6) is 0.169. The van der Waals surface area contributed by atoms with E-state index in [1.807, 2.05) is 66.7 Å². The monoisotopic (exact) mass is 439 g/mol. The highest BCUT2D eigenvalue weighted by Crippen LogP contribution is 2.23. The number of aromatic nitrogens is 4. The van der Waals surface area contributed by atoms with Gasteiger partial charge in [-0.25, -0.2) is 4.98 Å². The summed E-state index contributed by atoms with van der Waals surface area (Å²) in [6.45, 7) is 1.20. The maximum atomic E-state index is 13.0. The van der Waals surface area contributed by atoms with E-state index in [2.05, 4.69) is 10.1 Å². The molecule has 0 radical (unpaired) electrons. The summed E-state index contributed by atoms with van der Waals surface area (Å²) in [6, 6.07) is 15.2. The fraction of sp³-hybridized carbons (Fsp3) is 0.269. The molecular formula is C26H25N5O2. The largest absolute Gasteiger partial charge is 0.339 e. The predicted octanol–water partition coefficient (Wildman–Crippen LogP) is 3.69. The van der Waals surface area contributed by atoms with Crippen LogP contribution < -0.4 is 0 Å². The van der Waals surface area contributed by atoms with Crippen LogP contribution in [0.25, 0.3) is 22.2 Å².